The molecule has 0 unspecified atom stereocenters. The van der Waals surface area contributed by atoms with Gasteiger partial charge in [-0.25, -0.2) is 12.8 Å². The largest absolute Gasteiger partial charge is 0.352 e. The highest BCUT2D eigenvalue weighted by Gasteiger charge is 2.35. The summed E-state index contributed by atoms with van der Waals surface area (Å²) in [7, 11) is -4.33. The Morgan fingerprint density at radius 3 is 2.17 bits per heavy atom. The number of hydrogen-bond acceptors (Lipinski definition) is 4. The third kappa shape index (κ3) is 8.66. The monoisotopic (exact) mass is 683 g/mol. The first-order valence-electron chi connectivity index (χ1n) is 14.8. The molecule has 0 spiro atoms. The van der Waals surface area contributed by atoms with Crippen LogP contribution in [0.3, 0.4) is 0 Å². The summed E-state index contributed by atoms with van der Waals surface area (Å²) < 4.78 is 44.2. The maximum Gasteiger partial charge on any atom is 0.264 e. The first kappa shape index (κ1) is 34.9. The van der Waals surface area contributed by atoms with Crippen LogP contribution in [-0.2, 0) is 32.6 Å². The van der Waals surface area contributed by atoms with E-state index in [1.807, 2.05) is 51.1 Å². The van der Waals surface area contributed by atoms with Gasteiger partial charge in [-0.1, -0.05) is 96.4 Å². The summed E-state index contributed by atoms with van der Waals surface area (Å²) >= 11 is 12.4. The van der Waals surface area contributed by atoms with Crippen LogP contribution in [-0.4, -0.2) is 43.8 Å². The van der Waals surface area contributed by atoms with E-state index in [1.54, 1.807) is 18.2 Å². The molecule has 0 aliphatic carbocycles. The number of rotatable bonds is 13. The fourth-order valence-electron chi connectivity index (χ4n) is 4.81. The van der Waals surface area contributed by atoms with Gasteiger partial charge >= 0.3 is 0 Å². The number of amides is 2. The average molecular weight is 685 g/mol. The summed E-state index contributed by atoms with van der Waals surface area (Å²) in [6, 6.07) is 24.3. The molecule has 0 bridgehead atoms. The molecule has 11 heteroatoms. The molecular formula is C35H36Cl2FN3O4S. The van der Waals surface area contributed by atoms with Gasteiger partial charge in [0.05, 0.1) is 20.6 Å². The van der Waals surface area contributed by atoms with Gasteiger partial charge in [-0.2, -0.15) is 0 Å². The lowest BCUT2D eigenvalue weighted by molar-refractivity contribution is -0.140. The van der Waals surface area contributed by atoms with Gasteiger partial charge in [-0.15, -0.1) is 0 Å². The number of carbonyl (C=O) groups excluding carboxylic acids is 2. The quantitative estimate of drug-likeness (QED) is 0.162. The zero-order valence-corrected chi connectivity index (χ0v) is 28.1. The highest BCUT2D eigenvalue weighted by atomic mass is 35.5. The molecule has 4 rings (SSSR count). The fraction of sp³-hybridized carbons (Fsp3) is 0.257. The zero-order valence-electron chi connectivity index (χ0n) is 25.8. The molecule has 0 fully saturated rings. The van der Waals surface area contributed by atoms with Gasteiger partial charge in [-0.3, -0.25) is 13.9 Å². The van der Waals surface area contributed by atoms with Crippen LogP contribution in [0.1, 0.15) is 37.0 Å². The Morgan fingerprint density at radius 2 is 1.54 bits per heavy atom. The second-order valence-corrected chi connectivity index (χ2v) is 13.7. The molecule has 0 aliphatic rings. The van der Waals surface area contributed by atoms with E-state index in [1.165, 1.54) is 53.4 Å². The van der Waals surface area contributed by atoms with Crippen LogP contribution in [0, 0.1) is 12.7 Å². The van der Waals surface area contributed by atoms with Gasteiger partial charge in [0.1, 0.15) is 18.4 Å². The highest BCUT2D eigenvalue weighted by Crippen LogP contribution is 2.31. The molecule has 4 aromatic carbocycles. The van der Waals surface area contributed by atoms with E-state index in [0.717, 1.165) is 15.4 Å². The van der Waals surface area contributed by atoms with Crippen molar-refractivity contribution in [1.82, 2.24) is 10.2 Å². The molecule has 7 nitrogen and oxygen atoms in total. The minimum absolute atomic E-state index is 0.0482. The van der Waals surface area contributed by atoms with E-state index >= 15 is 4.39 Å². The number of sulfonamides is 1. The Morgan fingerprint density at radius 1 is 0.891 bits per heavy atom. The molecule has 4 aromatic rings. The SMILES string of the molecule is CC[C@H](C)NC(=O)[C@@H](Cc1ccccc1)N(Cc1ccccc1F)C(=O)CN(c1ccc(Cl)c(Cl)c1)S(=O)(=O)c1ccc(C)cc1. The third-order valence-corrected chi connectivity index (χ3v) is 10.2. The molecule has 46 heavy (non-hydrogen) atoms. The van der Waals surface area contributed by atoms with Gasteiger partial charge in [0.25, 0.3) is 10.0 Å². The summed E-state index contributed by atoms with van der Waals surface area (Å²) in [6.45, 7) is 4.61. The first-order valence-corrected chi connectivity index (χ1v) is 17.0. The van der Waals surface area contributed by atoms with Crippen LogP contribution >= 0.6 is 23.2 Å². The second-order valence-electron chi connectivity index (χ2n) is 11.1. The Bertz CT molecular complexity index is 1770. The molecule has 242 valence electrons. The molecule has 0 radical (unpaired) electrons. The number of halogens is 3. The number of anilines is 1. The van der Waals surface area contributed by atoms with E-state index in [4.69, 9.17) is 23.2 Å². The van der Waals surface area contributed by atoms with Crippen LogP contribution < -0.4 is 9.62 Å². The molecule has 0 aliphatic heterocycles. The molecule has 0 heterocycles. The lowest BCUT2D eigenvalue weighted by Crippen LogP contribution is -2.54. The summed E-state index contributed by atoms with van der Waals surface area (Å²) in [5, 5.41) is 3.25. The predicted octanol–water partition coefficient (Wildman–Crippen LogP) is 7.19. The first-order chi connectivity index (χ1) is 21.9. The minimum atomic E-state index is -4.33. The average Bonchev–Trinajstić information content (AvgIpc) is 3.04. The van der Waals surface area contributed by atoms with Crippen molar-refractivity contribution in [3.63, 3.8) is 0 Å². The second kappa shape index (κ2) is 15.6. The van der Waals surface area contributed by atoms with Crippen molar-refractivity contribution < 1.29 is 22.4 Å². The van der Waals surface area contributed by atoms with Gasteiger partial charge in [-0.05, 0) is 62.2 Å². The van der Waals surface area contributed by atoms with E-state index in [0.29, 0.717) is 6.42 Å². The van der Waals surface area contributed by atoms with Crippen molar-refractivity contribution >= 4 is 50.7 Å². The Labute approximate surface area is 280 Å². The van der Waals surface area contributed by atoms with Gasteiger partial charge < -0.3 is 10.2 Å². The fourth-order valence-corrected chi connectivity index (χ4v) is 6.51. The standard InChI is InChI=1S/C35H36Cl2FN3O4S/c1-4-25(3)39-35(43)33(20-26-10-6-5-7-11-26)40(22-27-12-8-9-13-32(27)38)34(42)23-41(28-16-19-30(36)31(37)21-28)46(44,45)29-17-14-24(2)15-18-29/h5-19,21,25,33H,4,20,22-23H2,1-3H3,(H,39,43)/t25-,33+/m0/s1. The van der Waals surface area contributed by atoms with E-state index in [-0.39, 0.29) is 45.2 Å². The van der Waals surface area contributed by atoms with Crippen molar-refractivity contribution in [2.75, 3.05) is 10.8 Å². The molecule has 2 amide bonds. The molecule has 2 atom stereocenters. The molecule has 0 aromatic heterocycles. The number of hydrogen-bond donors (Lipinski definition) is 1. The zero-order chi connectivity index (χ0) is 33.4. The van der Waals surface area contributed by atoms with Crippen LogP contribution in [0.15, 0.2) is 102 Å². The van der Waals surface area contributed by atoms with Gasteiger partial charge in [0.2, 0.25) is 11.8 Å². The Balaban J connectivity index is 1.83. The maximum absolute atomic E-state index is 15.1. The molecule has 1 N–H and O–H groups in total. The summed E-state index contributed by atoms with van der Waals surface area (Å²) in [5.74, 6) is -1.72. The number of nitrogens with one attached hydrogen (secondary N) is 1. The Hall–Kier alpha value is -3.92. The summed E-state index contributed by atoms with van der Waals surface area (Å²) in [5.41, 5.74) is 1.89. The number of benzene rings is 4. The van der Waals surface area contributed by atoms with Crippen molar-refractivity contribution in [2.24, 2.45) is 0 Å². The van der Waals surface area contributed by atoms with E-state index in [2.05, 4.69) is 5.32 Å². The number of nitrogens with zero attached hydrogens (tertiary/aromatic N) is 2. The maximum atomic E-state index is 15.1. The topological polar surface area (TPSA) is 86.8 Å². The van der Waals surface area contributed by atoms with E-state index < -0.39 is 40.2 Å². The van der Waals surface area contributed by atoms with Crippen LogP contribution in [0.2, 0.25) is 10.0 Å². The van der Waals surface area contributed by atoms with Gasteiger partial charge in [0.15, 0.2) is 0 Å². The molecular weight excluding hydrogens is 648 g/mol. The number of carbonyl (C=O) groups is 2. The lowest BCUT2D eigenvalue weighted by atomic mass is 10.0. The Kier molecular flexibility index (Phi) is 11.8. The summed E-state index contributed by atoms with van der Waals surface area (Å²) in [4.78, 5) is 29.5. The third-order valence-electron chi connectivity index (χ3n) is 7.65. The lowest BCUT2D eigenvalue weighted by Gasteiger charge is -2.34. The minimum Gasteiger partial charge on any atom is -0.352 e. The normalized spacial score (nSPS) is 12.7. The highest BCUT2D eigenvalue weighted by molar-refractivity contribution is 7.92. The van der Waals surface area contributed by atoms with Crippen LogP contribution in [0.4, 0.5) is 10.1 Å². The number of aryl methyl sites for hydroxylation is 1. The van der Waals surface area contributed by atoms with Crippen LogP contribution in [0.5, 0.6) is 0 Å². The van der Waals surface area contributed by atoms with E-state index in [9.17, 15) is 18.0 Å². The van der Waals surface area contributed by atoms with Crippen molar-refractivity contribution in [1.29, 1.82) is 0 Å². The molecule has 0 saturated carbocycles. The smallest absolute Gasteiger partial charge is 0.264 e. The van der Waals surface area contributed by atoms with Gasteiger partial charge in [0, 0.05) is 24.6 Å². The van der Waals surface area contributed by atoms with Crippen molar-refractivity contribution in [3.05, 3.63) is 130 Å². The van der Waals surface area contributed by atoms with Crippen molar-refractivity contribution in [3.8, 4) is 0 Å². The van der Waals surface area contributed by atoms with Crippen LogP contribution in [0.25, 0.3) is 0 Å². The van der Waals surface area contributed by atoms with Crippen molar-refractivity contribution in [2.45, 2.75) is 57.1 Å². The summed E-state index contributed by atoms with van der Waals surface area (Å²) in [6.07, 6.45) is 0.756. The predicted molar refractivity (Wildman–Crippen MR) is 181 cm³/mol. The molecule has 0 saturated heterocycles.